The third-order valence-corrected chi connectivity index (χ3v) is 3.30. The lowest BCUT2D eigenvalue weighted by Crippen LogP contribution is -2.17. The smallest absolute Gasteiger partial charge is 0.406 e. The number of amides is 1. The molecule has 0 aliphatic carbocycles. The van der Waals surface area contributed by atoms with E-state index in [1.165, 1.54) is 23.0 Å². The summed E-state index contributed by atoms with van der Waals surface area (Å²) in [6.45, 7) is 0.463. The minimum Gasteiger partial charge on any atom is -0.406 e. The van der Waals surface area contributed by atoms with Crippen LogP contribution in [0, 0.1) is 0 Å². The Labute approximate surface area is 146 Å². The largest absolute Gasteiger partial charge is 0.573 e. The van der Waals surface area contributed by atoms with Crippen molar-refractivity contribution in [3.63, 3.8) is 0 Å². The highest BCUT2D eigenvalue weighted by Gasteiger charge is 2.30. The van der Waals surface area contributed by atoms with E-state index in [1.807, 2.05) is 30.3 Å². The summed E-state index contributed by atoms with van der Waals surface area (Å²) in [6, 6.07) is 14.3. The van der Waals surface area contributed by atoms with E-state index < -0.39 is 12.3 Å². The number of carbonyl (C=O) groups is 1. The van der Waals surface area contributed by atoms with Gasteiger partial charge in [0.05, 0.1) is 12.7 Å². The zero-order valence-corrected chi connectivity index (χ0v) is 13.3. The number of carbonyl (C=O) groups excluding carboxylic acids is 1. The van der Waals surface area contributed by atoms with Crippen molar-refractivity contribution in [2.24, 2.45) is 0 Å². The summed E-state index contributed by atoms with van der Waals surface area (Å²) in [7, 11) is 0. The van der Waals surface area contributed by atoms with Gasteiger partial charge in [0, 0.05) is 5.69 Å². The number of anilines is 1. The fraction of sp³-hybridized carbons (Fsp3) is 0.118. The number of nitrogens with zero attached hydrogens (tertiary/aromatic N) is 3. The number of nitrogens with one attached hydrogen (secondary N) is 1. The first-order valence-electron chi connectivity index (χ1n) is 7.50. The van der Waals surface area contributed by atoms with Gasteiger partial charge in [0.1, 0.15) is 5.75 Å². The topological polar surface area (TPSA) is 69.0 Å². The summed E-state index contributed by atoms with van der Waals surface area (Å²) in [5.41, 5.74) is 1.41. The maximum atomic E-state index is 12.2. The number of halogens is 3. The van der Waals surface area contributed by atoms with Crippen LogP contribution in [0.1, 0.15) is 16.1 Å². The molecule has 0 aliphatic rings. The number of benzene rings is 2. The van der Waals surface area contributed by atoms with Crippen LogP contribution in [-0.2, 0) is 6.54 Å². The average Bonchev–Trinajstić information content (AvgIpc) is 3.05. The van der Waals surface area contributed by atoms with Crippen molar-refractivity contribution in [3.8, 4) is 5.75 Å². The third kappa shape index (κ3) is 4.82. The second kappa shape index (κ2) is 7.26. The number of alkyl halides is 3. The normalized spacial score (nSPS) is 11.2. The Morgan fingerprint density at radius 2 is 1.77 bits per heavy atom. The summed E-state index contributed by atoms with van der Waals surface area (Å²) in [4.78, 5) is 12.2. The molecule has 134 valence electrons. The molecule has 2 aromatic carbocycles. The van der Waals surface area contributed by atoms with Gasteiger partial charge < -0.3 is 10.1 Å². The number of hydrogen-bond donors (Lipinski definition) is 1. The predicted octanol–water partition coefficient (Wildman–Crippen LogP) is 3.48. The molecule has 0 atom stereocenters. The highest BCUT2D eigenvalue weighted by molar-refractivity contribution is 6.02. The lowest BCUT2D eigenvalue weighted by molar-refractivity contribution is -0.274. The van der Waals surface area contributed by atoms with E-state index in [0.717, 1.165) is 17.7 Å². The molecule has 1 heterocycles. The Hall–Kier alpha value is -3.36. The van der Waals surface area contributed by atoms with Crippen LogP contribution >= 0.6 is 0 Å². The van der Waals surface area contributed by atoms with E-state index in [2.05, 4.69) is 20.4 Å². The molecule has 9 heteroatoms. The Kier molecular flexibility index (Phi) is 4.87. The zero-order chi connectivity index (χ0) is 18.6. The molecule has 0 spiro atoms. The number of ether oxygens (including phenoxy) is 1. The molecule has 0 saturated heterocycles. The van der Waals surface area contributed by atoms with Crippen LogP contribution in [-0.4, -0.2) is 27.3 Å². The SMILES string of the molecule is O=C(Nc1ccc(OC(F)(F)F)cc1)c1cn(Cc2ccccc2)nn1. The summed E-state index contributed by atoms with van der Waals surface area (Å²) in [5.74, 6) is -0.891. The maximum Gasteiger partial charge on any atom is 0.573 e. The summed E-state index contributed by atoms with van der Waals surface area (Å²) >= 11 is 0. The highest BCUT2D eigenvalue weighted by atomic mass is 19.4. The molecule has 0 radical (unpaired) electrons. The summed E-state index contributed by atoms with van der Waals surface area (Å²) in [5, 5.41) is 10.2. The summed E-state index contributed by atoms with van der Waals surface area (Å²) < 4.78 is 41.7. The van der Waals surface area contributed by atoms with Crippen molar-refractivity contribution in [2.75, 3.05) is 5.32 Å². The fourth-order valence-corrected chi connectivity index (χ4v) is 2.19. The summed E-state index contributed by atoms with van der Waals surface area (Å²) in [6.07, 6.45) is -3.27. The van der Waals surface area contributed by atoms with Gasteiger partial charge in [-0.2, -0.15) is 0 Å². The molecule has 26 heavy (non-hydrogen) atoms. The lowest BCUT2D eigenvalue weighted by atomic mass is 10.2. The predicted molar refractivity (Wildman–Crippen MR) is 86.6 cm³/mol. The van der Waals surface area contributed by atoms with Crippen molar-refractivity contribution in [1.29, 1.82) is 0 Å². The van der Waals surface area contributed by atoms with E-state index in [9.17, 15) is 18.0 Å². The molecular weight excluding hydrogens is 349 g/mol. The van der Waals surface area contributed by atoms with Crippen molar-refractivity contribution in [3.05, 3.63) is 72.1 Å². The molecule has 0 bridgehead atoms. The van der Waals surface area contributed by atoms with E-state index in [1.54, 1.807) is 0 Å². The fourth-order valence-electron chi connectivity index (χ4n) is 2.19. The van der Waals surface area contributed by atoms with Gasteiger partial charge in [-0.1, -0.05) is 35.5 Å². The quantitative estimate of drug-likeness (QED) is 0.755. The number of rotatable bonds is 5. The second-order valence-electron chi connectivity index (χ2n) is 5.31. The maximum absolute atomic E-state index is 12.2. The lowest BCUT2D eigenvalue weighted by Gasteiger charge is -2.09. The highest BCUT2D eigenvalue weighted by Crippen LogP contribution is 2.24. The van der Waals surface area contributed by atoms with Crippen molar-refractivity contribution in [2.45, 2.75) is 12.9 Å². The number of hydrogen-bond acceptors (Lipinski definition) is 4. The Morgan fingerprint density at radius 3 is 2.42 bits per heavy atom. The molecule has 1 aromatic heterocycles. The van der Waals surface area contributed by atoms with E-state index in [4.69, 9.17) is 0 Å². The van der Waals surface area contributed by atoms with Crippen LogP contribution < -0.4 is 10.1 Å². The van der Waals surface area contributed by atoms with Gasteiger partial charge in [0.2, 0.25) is 0 Å². The molecule has 0 saturated carbocycles. The van der Waals surface area contributed by atoms with Crippen LogP contribution in [0.25, 0.3) is 0 Å². The Bertz CT molecular complexity index is 877. The molecular formula is C17H13F3N4O2. The third-order valence-electron chi connectivity index (χ3n) is 3.30. The molecule has 1 N–H and O–H groups in total. The van der Waals surface area contributed by atoms with Gasteiger partial charge in [0.15, 0.2) is 5.69 Å². The number of aromatic nitrogens is 3. The van der Waals surface area contributed by atoms with Crippen molar-refractivity contribution < 1.29 is 22.7 Å². The van der Waals surface area contributed by atoms with Gasteiger partial charge in [-0.25, -0.2) is 4.68 Å². The van der Waals surface area contributed by atoms with Crippen LogP contribution in [0.3, 0.4) is 0 Å². The molecule has 3 aromatic rings. The molecule has 0 unspecified atom stereocenters. The minimum absolute atomic E-state index is 0.0940. The molecule has 1 amide bonds. The first kappa shape index (κ1) is 17.5. The van der Waals surface area contributed by atoms with Crippen molar-refractivity contribution in [1.82, 2.24) is 15.0 Å². The van der Waals surface area contributed by atoms with Crippen LogP contribution in [0.5, 0.6) is 5.75 Å². The van der Waals surface area contributed by atoms with E-state index in [-0.39, 0.29) is 11.4 Å². The minimum atomic E-state index is -4.76. The standard InChI is InChI=1S/C17H13F3N4O2/c18-17(19,20)26-14-8-6-13(7-9-14)21-16(25)15-11-24(23-22-15)10-12-4-2-1-3-5-12/h1-9,11H,10H2,(H,21,25). The first-order chi connectivity index (χ1) is 12.4. The first-order valence-corrected chi connectivity index (χ1v) is 7.50. The molecule has 0 aliphatic heterocycles. The van der Waals surface area contributed by atoms with Crippen LogP contribution in [0.4, 0.5) is 18.9 Å². The zero-order valence-electron chi connectivity index (χ0n) is 13.3. The van der Waals surface area contributed by atoms with E-state index >= 15 is 0 Å². The Balaban J connectivity index is 1.61. The average molecular weight is 362 g/mol. The van der Waals surface area contributed by atoms with Gasteiger partial charge in [-0.05, 0) is 29.8 Å². The van der Waals surface area contributed by atoms with Gasteiger partial charge in [-0.3, -0.25) is 4.79 Å². The Morgan fingerprint density at radius 1 is 1.08 bits per heavy atom. The molecule has 3 rings (SSSR count). The van der Waals surface area contributed by atoms with Crippen LogP contribution in [0.2, 0.25) is 0 Å². The molecule has 0 fully saturated rings. The second-order valence-corrected chi connectivity index (χ2v) is 5.31. The van der Waals surface area contributed by atoms with Crippen LogP contribution in [0.15, 0.2) is 60.8 Å². The van der Waals surface area contributed by atoms with E-state index in [0.29, 0.717) is 12.2 Å². The monoisotopic (exact) mass is 362 g/mol. The van der Waals surface area contributed by atoms with Gasteiger partial charge in [0.25, 0.3) is 5.91 Å². The van der Waals surface area contributed by atoms with Gasteiger partial charge >= 0.3 is 6.36 Å². The van der Waals surface area contributed by atoms with Crippen molar-refractivity contribution >= 4 is 11.6 Å². The van der Waals surface area contributed by atoms with Gasteiger partial charge in [-0.15, -0.1) is 18.3 Å². The molecule has 6 nitrogen and oxygen atoms in total.